The second-order valence-electron chi connectivity index (χ2n) is 12.8. The van der Waals surface area contributed by atoms with Crippen LogP contribution in [-0.2, 0) is 33.3 Å². The maximum absolute atomic E-state index is 11.3. The van der Waals surface area contributed by atoms with Gasteiger partial charge in [-0.15, -0.1) is 24.8 Å². The molecule has 0 fully saturated rings. The van der Waals surface area contributed by atoms with Crippen molar-refractivity contribution in [2.45, 2.75) is 132 Å². The van der Waals surface area contributed by atoms with E-state index in [2.05, 4.69) is 10.6 Å². The topological polar surface area (TPSA) is 239 Å². The van der Waals surface area contributed by atoms with Crippen molar-refractivity contribution in [3.63, 3.8) is 0 Å². The normalized spacial score (nSPS) is 12.8. The average Bonchev–Trinajstić information content (AvgIpc) is 2.85. The Morgan fingerprint density at radius 2 is 1.00 bits per heavy atom. The van der Waals surface area contributed by atoms with E-state index in [0.717, 1.165) is 0 Å². The van der Waals surface area contributed by atoms with E-state index in [0.29, 0.717) is 6.54 Å². The molecule has 0 saturated heterocycles. The van der Waals surface area contributed by atoms with Crippen LogP contribution in [0.4, 0.5) is 9.59 Å². The van der Waals surface area contributed by atoms with Crippen molar-refractivity contribution in [2.24, 2.45) is 23.3 Å². The van der Waals surface area contributed by atoms with Crippen LogP contribution in [-0.4, -0.2) is 95.5 Å². The predicted molar refractivity (Wildman–Crippen MR) is 186 cm³/mol. The van der Waals surface area contributed by atoms with Crippen LogP contribution >= 0.6 is 24.8 Å². The fourth-order valence-electron chi connectivity index (χ4n) is 1.82. The van der Waals surface area contributed by atoms with E-state index in [1.807, 2.05) is 0 Å². The Balaban J connectivity index is -0.000000124. The molecule has 0 saturated carbocycles. The summed E-state index contributed by atoms with van der Waals surface area (Å²) in [6.07, 6.45) is -2.15. The first-order chi connectivity index (χ1) is 20.1. The molecular weight excluding hydrogens is 663 g/mol. The lowest BCUT2D eigenvalue weighted by molar-refractivity contribution is -0.152. The van der Waals surface area contributed by atoms with E-state index in [4.69, 9.17) is 40.6 Å². The summed E-state index contributed by atoms with van der Waals surface area (Å²) in [4.78, 5) is 53.9. The molecule has 15 nitrogen and oxygen atoms in total. The summed E-state index contributed by atoms with van der Waals surface area (Å²) in [5.74, 6) is -1.82. The molecule has 284 valence electrons. The fourth-order valence-corrected chi connectivity index (χ4v) is 1.82. The van der Waals surface area contributed by atoms with E-state index in [1.165, 1.54) is 0 Å². The molecule has 0 aromatic rings. The molecule has 0 aliphatic rings. The summed E-state index contributed by atoms with van der Waals surface area (Å²) in [6, 6.07) is -0.561. The highest BCUT2D eigenvalue weighted by Gasteiger charge is 2.18. The van der Waals surface area contributed by atoms with Gasteiger partial charge in [-0.2, -0.15) is 0 Å². The summed E-state index contributed by atoms with van der Waals surface area (Å²) < 4.78 is 19.8. The summed E-state index contributed by atoms with van der Waals surface area (Å²) >= 11 is 0. The lowest BCUT2D eigenvalue weighted by Gasteiger charge is -2.21. The number of halogens is 2. The summed E-state index contributed by atoms with van der Waals surface area (Å²) in [6.45, 7) is 24.9. The summed E-state index contributed by atoms with van der Waals surface area (Å²) in [7, 11) is 0. The summed E-state index contributed by atoms with van der Waals surface area (Å²) in [5, 5.41) is 21.8. The number of hydrogen-bond acceptors (Lipinski definition) is 12. The molecule has 47 heavy (non-hydrogen) atoms. The minimum Gasteiger partial charge on any atom is -0.481 e. The van der Waals surface area contributed by atoms with Gasteiger partial charge < -0.3 is 51.3 Å². The van der Waals surface area contributed by atoms with Crippen LogP contribution < -0.4 is 22.1 Å². The van der Waals surface area contributed by atoms with E-state index < -0.39 is 47.5 Å². The van der Waals surface area contributed by atoms with Gasteiger partial charge in [0.25, 0.3) is 0 Å². The highest BCUT2D eigenvalue weighted by molar-refractivity contribution is 5.85. The van der Waals surface area contributed by atoms with Gasteiger partial charge in [-0.3, -0.25) is 14.4 Å². The average molecular weight is 728 g/mol. The summed E-state index contributed by atoms with van der Waals surface area (Å²) in [5.41, 5.74) is 9.42. The van der Waals surface area contributed by atoms with Gasteiger partial charge in [0.05, 0.1) is 24.5 Å². The number of carboxylic acids is 1. The van der Waals surface area contributed by atoms with Crippen molar-refractivity contribution in [1.29, 1.82) is 0 Å². The molecule has 0 rings (SSSR count). The highest BCUT2D eigenvalue weighted by Crippen LogP contribution is 2.07. The van der Waals surface area contributed by atoms with Crippen molar-refractivity contribution in [3.05, 3.63) is 0 Å². The van der Waals surface area contributed by atoms with E-state index in [1.54, 1.807) is 96.9 Å². The molecule has 0 aliphatic carbocycles. The quantitative estimate of drug-likeness (QED) is 0.139. The van der Waals surface area contributed by atoms with Gasteiger partial charge in [-0.1, -0.05) is 27.7 Å². The number of alkyl carbamates (subject to hydrolysis) is 2. The van der Waals surface area contributed by atoms with Crippen molar-refractivity contribution in [3.8, 4) is 0 Å². The number of carbonyl (C=O) groups excluding carboxylic acids is 4. The number of carbonyl (C=O) groups is 5. The van der Waals surface area contributed by atoms with Crippen LogP contribution in [0.15, 0.2) is 0 Å². The lowest BCUT2D eigenvalue weighted by atomic mass is 10.2. The third-order valence-corrected chi connectivity index (χ3v) is 4.18. The molecule has 2 amide bonds. The molecule has 8 N–H and O–H groups in total. The number of rotatable bonds is 10. The highest BCUT2D eigenvalue weighted by atomic mass is 35.5. The molecule has 0 bridgehead atoms. The van der Waals surface area contributed by atoms with Gasteiger partial charge >= 0.3 is 30.1 Å². The van der Waals surface area contributed by atoms with Gasteiger partial charge in [0.2, 0.25) is 0 Å². The van der Waals surface area contributed by atoms with Crippen LogP contribution in [0, 0.1) is 11.8 Å². The molecule has 17 heteroatoms. The molecular formula is C30H64Cl2N4O11. The van der Waals surface area contributed by atoms with Crippen molar-refractivity contribution in [2.75, 3.05) is 19.6 Å². The number of aliphatic hydroxyl groups excluding tert-OH is 1. The van der Waals surface area contributed by atoms with Crippen molar-refractivity contribution in [1.82, 2.24) is 10.6 Å². The van der Waals surface area contributed by atoms with Crippen LogP contribution in [0.1, 0.15) is 96.9 Å². The van der Waals surface area contributed by atoms with Gasteiger partial charge in [-0.25, -0.2) is 9.59 Å². The number of esters is 2. The number of ether oxygens (including phenoxy) is 4. The van der Waals surface area contributed by atoms with Gasteiger partial charge in [0.1, 0.15) is 29.5 Å². The first-order valence-corrected chi connectivity index (χ1v) is 14.9. The molecule has 4 atom stereocenters. The molecule has 0 aromatic carbocycles. The maximum atomic E-state index is 11.3. The Bertz CT molecular complexity index is 862. The zero-order valence-corrected chi connectivity index (χ0v) is 32.3. The fraction of sp³-hybridized carbons (Fsp3) is 0.833. The Hall–Kier alpha value is -2.59. The minimum atomic E-state index is -0.741. The lowest BCUT2D eigenvalue weighted by Crippen LogP contribution is -2.37. The van der Waals surface area contributed by atoms with Crippen LogP contribution in [0.2, 0.25) is 0 Å². The number of hydrogen-bond donors (Lipinski definition) is 6. The molecule has 0 aliphatic heterocycles. The molecule has 0 heterocycles. The zero-order valence-electron chi connectivity index (χ0n) is 30.6. The third kappa shape index (κ3) is 47.9. The Labute approximate surface area is 293 Å². The minimum absolute atomic E-state index is 0. The number of aliphatic carboxylic acids is 1. The first kappa shape index (κ1) is 56.7. The maximum Gasteiger partial charge on any atom is 0.407 e. The number of nitrogens with two attached hydrogens (primary N) is 2. The second kappa shape index (κ2) is 29.5. The van der Waals surface area contributed by atoms with Crippen LogP contribution in [0.5, 0.6) is 0 Å². The SMILES string of the molecule is CC(C)C(=O)O.CC(CN)OC(=O)[C@H](C)N.CC(CNC(=O)OC(C)(C)C)OC(=O)C(C)C.CC(O)CNC(=O)OC(C)(C)C.Cl.Cl. The third-order valence-electron chi connectivity index (χ3n) is 4.18. The first-order valence-electron chi connectivity index (χ1n) is 14.9. The van der Waals surface area contributed by atoms with E-state index >= 15 is 0 Å². The second-order valence-corrected chi connectivity index (χ2v) is 12.8. The van der Waals surface area contributed by atoms with E-state index in [9.17, 15) is 24.0 Å². The number of nitrogens with one attached hydrogen (secondary N) is 2. The van der Waals surface area contributed by atoms with Crippen molar-refractivity contribution >= 4 is 54.9 Å². The largest absolute Gasteiger partial charge is 0.481 e. The van der Waals surface area contributed by atoms with Gasteiger partial charge in [0.15, 0.2) is 0 Å². The van der Waals surface area contributed by atoms with E-state index in [-0.39, 0.29) is 67.9 Å². The zero-order chi connectivity index (χ0) is 36.7. The smallest absolute Gasteiger partial charge is 0.407 e. The number of carboxylic acid groups (broad SMARTS) is 1. The standard InChI is InChI=1S/C12H23NO4.C8H17NO3.C6H14N2O2.C4H8O2.2ClH/c1-8(2)10(14)16-9(3)7-13-11(15)17-12(4,5)6;1-6(10)5-9-7(11)12-8(2,3)4;1-4(3-7)10-6(9)5(2)8;1-3(2)4(5)6;;/h8-9H,7H2,1-6H3,(H,13,15);6,10H,5H2,1-4H3,(H,9,11);4-5H,3,7-8H2,1-2H3;3H,1-2H3,(H,5,6);2*1H/t;;4?,5-;;;/m..0.../s1. The van der Waals surface area contributed by atoms with Gasteiger partial charge in [0, 0.05) is 13.1 Å². The number of amides is 2. The Morgan fingerprint density at radius 3 is 1.26 bits per heavy atom. The predicted octanol–water partition coefficient (Wildman–Crippen LogP) is 3.79. The number of aliphatic hydroxyl groups is 1. The van der Waals surface area contributed by atoms with Gasteiger partial charge in [-0.05, 0) is 69.2 Å². The molecule has 3 unspecified atom stereocenters. The van der Waals surface area contributed by atoms with Crippen LogP contribution in [0.25, 0.3) is 0 Å². The Morgan fingerprint density at radius 1 is 0.660 bits per heavy atom. The Kier molecular flexibility index (Phi) is 35.7. The molecule has 0 radical (unpaired) electrons. The molecule has 0 aromatic heterocycles. The molecule has 0 spiro atoms. The monoisotopic (exact) mass is 726 g/mol. The van der Waals surface area contributed by atoms with Crippen molar-refractivity contribution < 1.29 is 53.1 Å². The van der Waals surface area contributed by atoms with Crippen LogP contribution in [0.3, 0.4) is 0 Å².